The molecule has 2 saturated carbocycles. The molecule has 5 rings (SSSR count). The van der Waals surface area contributed by atoms with Crippen LogP contribution in [0.25, 0.3) is 0 Å². The normalized spacial score (nSPS) is 19.6. The molecular formula is C27H37N5OS. The first-order valence-corrected chi connectivity index (χ1v) is 13.5. The molecule has 1 saturated heterocycles. The zero-order valence-electron chi connectivity index (χ0n) is 20.6. The fourth-order valence-electron chi connectivity index (χ4n) is 4.63. The number of aromatic nitrogens is 1. The molecule has 1 aromatic carbocycles. The zero-order valence-corrected chi connectivity index (χ0v) is 21.4. The second kappa shape index (κ2) is 9.42. The van der Waals surface area contributed by atoms with E-state index in [9.17, 15) is 4.79 Å². The molecule has 1 spiro atoms. The Labute approximate surface area is 207 Å². The van der Waals surface area contributed by atoms with E-state index in [2.05, 4.69) is 47.1 Å². The van der Waals surface area contributed by atoms with E-state index in [1.807, 2.05) is 30.3 Å². The quantitative estimate of drug-likeness (QED) is 0.419. The van der Waals surface area contributed by atoms with Crippen molar-refractivity contribution in [3.8, 4) is 0 Å². The molecular weight excluding hydrogens is 442 g/mol. The van der Waals surface area contributed by atoms with Gasteiger partial charge >= 0.3 is 0 Å². The Morgan fingerprint density at radius 2 is 1.85 bits per heavy atom. The second-order valence-corrected chi connectivity index (χ2v) is 12.1. The minimum Gasteiger partial charge on any atom is -0.367 e. The standard InChI is InChI=1S/C27H37N5OS/c1-26(2,3)31-34-21-9-5-8-20(18-21)29-25(33)22-10-11-23(28-19-6-4-7-19)30-24(22)32-16-14-27(12-13-27)15-17-32/h5,8-11,18-19,31H,4,6-7,12-17H2,1-3H3,(H,28,30)(H,29,33). The molecule has 1 aromatic heterocycles. The fraction of sp³-hybridized carbons (Fsp3) is 0.556. The van der Waals surface area contributed by atoms with Crippen molar-refractivity contribution in [3.63, 3.8) is 0 Å². The van der Waals surface area contributed by atoms with Gasteiger partial charge < -0.3 is 15.5 Å². The SMILES string of the molecule is CC(C)(C)NSc1cccc(NC(=O)c2ccc(NC3CCC3)nc2N2CCC3(CC2)CC3)c1. The first kappa shape index (κ1) is 23.5. The molecule has 0 bridgehead atoms. The van der Waals surface area contributed by atoms with Gasteiger partial charge in [-0.05, 0) is 113 Å². The number of nitrogens with one attached hydrogen (secondary N) is 3. The number of rotatable bonds is 7. The summed E-state index contributed by atoms with van der Waals surface area (Å²) in [6.07, 6.45) is 8.81. The van der Waals surface area contributed by atoms with Crippen LogP contribution in [-0.4, -0.2) is 35.6 Å². The van der Waals surface area contributed by atoms with Gasteiger partial charge in [-0.15, -0.1) is 0 Å². The number of carbonyl (C=O) groups is 1. The lowest BCUT2D eigenvalue weighted by Crippen LogP contribution is -2.36. The van der Waals surface area contributed by atoms with Gasteiger partial charge in [0.15, 0.2) is 0 Å². The van der Waals surface area contributed by atoms with Gasteiger partial charge in [0.2, 0.25) is 0 Å². The van der Waals surface area contributed by atoms with E-state index in [1.54, 1.807) is 11.9 Å². The van der Waals surface area contributed by atoms with Crippen LogP contribution in [-0.2, 0) is 0 Å². The van der Waals surface area contributed by atoms with Crippen LogP contribution in [0.1, 0.15) is 76.1 Å². The van der Waals surface area contributed by atoms with Gasteiger partial charge in [-0.25, -0.2) is 4.98 Å². The van der Waals surface area contributed by atoms with E-state index in [4.69, 9.17) is 4.98 Å². The number of hydrogen-bond acceptors (Lipinski definition) is 6. The maximum Gasteiger partial charge on any atom is 0.259 e. The number of piperidine rings is 1. The van der Waals surface area contributed by atoms with Gasteiger partial charge in [-0.3, -0.25) is 9.52 Å². The Hall–Kier alpha value is -2.25. The molecule has 3 N–H and O–H groups in total. The molecule has 0 unspecified atom stereocenters. The van der Waals surface area contributed by atoms with Crippen LogP contribution >= 0.6 is 11.9 Å². The number of pyridine rings is 1. The molecule has 182 valence electrons. The number of amides is 1. The van der Waals surface area contributed by atoms with Crippen molar-refractivity contribution >= 4 is 35.2 Å². The maximum absolute atomic E-state index is 13.4. The van der Waals surface area contributed by atoms with E-state index >= 15 is 0 Å². The highest BCUT2D eigenvalue weighted by molar-refractivity contribution is 7.97. The lowest BCUT2D eigenvalue weighted by atomic mass is 9.93. The number of nitrogens with zero attached hydrogens (tertiary/aromatic N) is 2. The lowest BCUT2D eigenvalue weighted by Gasteiger charge is -2.34. The minimum absolute atomic E-state index is 0.00718. The highest BCUT2D eigenvalue weighted by Crippen LogP contribution is 2.54. The Bertz CT molecular complexity index is 1030. The highest BCUT2D eigenvalue weighted by Gasteiger charge is 2.45. The summed E-state index contributed by atoms with van der Waals surface area (Å²) in [6.45, 7) is 8.36. The van der Waals surface area contributed by atoms with Crippen molar-refractivity contribution < 1.29 is 4.79 Å². The van der Waals surface area contributed by atoms with E-state index < -0.39 is 0 Å². The molecule has 0 radical (unpaired) electrons. The van der Waals surface area contributed by atoms with E-state index in [1.165, 1.54) is 44.9 Å². The third-order valence-corrected chi connectivity index (χ3v) is 8.43. The van der Waals surface area contributed by atoms with E-state index in [0.717, 1.165) is 35.3 Å². The molecule has 6 nitrogen and oxygen atoms in total. The smallest absolute Gasteiger partial charge is 0.259 e. The van der Waals surface area contributed by atoms with Crippen LogP contribution < -0.4 is 20.3 Å². The highest BCUT2D eigenvalue weighted by atomic mass is 32.2. The van der Waals surface area contributed by atoms with Crippen LogP contribution in [0.5, 0.6) is 0 Å². The lowest BCUT2D eigenvalue weighted by molar-refractivity contribution is 0.102. The summed E-state index contributed by atoms with van der Waals surface area (Å²) in [5.41, 5.74) is 2.04. The summed E-state index contributed by atoms with van der Waals surface area (Å²) in [5, 5.41) is 6.68. The molecule has 0 atom stereocenters. The van der Waals surface area contributed by atoms with Crippen LogP contribution in [0.3, 0.4) is 0 Å². The third kappa shape index (κ3) is 5.69. The van der Waals surface area contributed by atoms with Crippen LogP contribution in [0.15, 0.2) is 41.3 Å². The minimum atomic E-state index is -0.102. The van der Waals surface area contributed by atoms with E-state index in [0.29, 0.717) is 17.0 Å². The van der Waals surface area contributed by atoms with Crippen LogP contribution in [0, 0.1) is 5.41 Å². The van der Waals surface area contributed by atoms with Crippen molar-refractivity contribution in [2.45, 2.75) is 82.2 Å². The molecule has 2 aliphatic carbocycles. The van der Waals surface area contributed by atoms with Crippen molar-refractivity contribution in [3.05, 3.63) is 42.0 Å². The summed E-state index contributed by atoms with van der Waals surface area (Å²) >= 11 is 1.58. The molecule has 3 fully saturated rings. The summed E-state index contributed by atoms with van der Waals surface area (Å²) < 4.78 is 3.43. The average molecular weight is 480 g/mol. The topological polar surface area (TPSA) is 69.3 Å². The summed E-state index contributed by atoms with van der Waals surface area (Å²) in [4.78, 5) is 21.8. The van der Waals surface area contributed by atoms with Crippen LogP contribution in [0.2, 0.25) is 0 Å². The first-order chi connectivity index (χ1) is 16.3. The Morgan fingerprint density at radius 3 is 2.50 bits per heavy atom. The van der Waals surface area contributed by atoms with Crippen molar-refractivity contribution in [1.82, 2.24) is 9.71 Å². The van der Waals surface area contributed by atoms with Crippen LogP contribution in [0.4, 0.5) is 17.3 Å². The van der Waals surface area contributed by atoms with Gasteiger partial charge in [0.05, 0.1) is 5.56 Å². The van der Waals surface area contributed by atoms with Gasteiger partial charge in [0, 0.05) is 35.3 Å². The second-order valence-electron chi connectivity index (χ2n) is 11.3. The Balaban J connectivity index is 1.33. The number of hydrogen-bond donors (Lipinski definition) is 3. The molecule has 1 aliphatic heterocycles. The van der Waals surface area contributed by atoms with Gasteiger partial charge in [-0.1, -0.05) is 6.07 Å². The molecule has 2 aromatic rings. The monoisotopic (exact) mass is 479 g/mol. The first-order valence-electron chi connectivity index (χ1n) is 12.7. The molecule has 1 amide bonds. The predicted octanol–water partition coefficient (Wildman–Crippen LogP) is 6.07. The summed E-state index contributed by atoms with van der Waals surface area (Å²) in [7, 11) is 0. The zero-order chi connectivity index (χ0) is 23.8. The van der Waals surface area contributed by atoms with Gasteiger partial charge in [-0.2, -0.15) is 0 Å². The number of anilines is 3. The maximum atomic E-state index is 13.4. The fourth-order valence-corrected chi connectivity index (χ4v) is 5.38. The molecule has 2 heterocycles. The van der Waals surface area contributed by atoms with E-state index in [-0.39, 0.29) is 11.4 Å². The number of carbonyl (C=O) groups excluding carboxylic acids is 1. The third-order valence-electron chi connectivity index (χ3n) is 7.22. The predicted molar refractivity (Wildman–Crippen MR) is 142 cm³/mol. The van der Waals surface area contributed by atoms with Crippen molar-refractivity contribution in [2.75, 3.05) is 28.6 Å². The van der Waals surface area contributed by atoms with Crippen molar-refractivity contribution in [2.24, 2.45) is 5.41 Å². The average Bonchev–Trinajstić information content (AvgIpc) is 3.54. The van der Waals surface area contributed by atoms with Gasteiger partial charge in [0.25, 0.3) is 5.91 Å². The summed E-state index contributed by atoms with van der Waals surface area (Å²) in [6, 6.07) is 12.4. The summed E-state index contributed by atoms with van der Waals surface area (Å²) in [5.74, 6) is 1.60. The molecule has 3 aliphatic rings. The van der Waals surface area contributed by atoms with Gasteiger partial charge in [0.1, 0.15) is 11.6 Å². The van der Waals surface area contributed by atoms with Crippen molar-refractivity contribution in [1.29, 1.82) is 0 Å². The molecule has 7 heteroatoms. The molecule has 34 heavy (non-hydrogen) atoms. The Kier molecular flexibility index (Phi) is 6.51. The Morgan fingerprint density at radius 1 is 1.09 bits per heavy atom. The number of benzene rings is 1. The largest absolute Gasteiger partial charge is 0.367 e.